The fourth-order valence-corrected chi connectivity index (χ4v) is 4.84. The molecule has 51 heavy (non-hydrogen) atoms. The Kier molecular flexibility index (Phi) is 16.3. The number of nitrogen functional groups attached to an aromatic ring is 1. The van der Waals surface area contributed by atoms with E-state index in [-0.39, 0.29) is 6.29 Å². The van der Waals surface area contributed by atoms with Crippen LogP contribution in [0.3, 0.4) is 0 Å². The summed E-state index contributed by atoms with van der Waals surface area (Å²) in [5.41, 5.74) is 11.9. The maximum atomic E-state index is 5.63. The van der Waals surface area contributed by atoms with Crippen molar-refractivity contribution in [2.45, 2.75) is 40.3 Å². The summed E-state index contributed by atoms with van der Waals surface area (Å²) in [6.45, 7) is 10.1. The third-order valence-electron chi connectivity index (χ3n) is 6.90. The number of imidazole rings is 2. The van der Waals surface area contributed by atoms with Gasteiger partial charge in [0.25, 0.3) is 0 Å². The van der Waals surface area contributed by atoms with E-state index in [0.29, 0.717) is 26.4 Å². The van der Waals surface area contributed by atoms with Crippen molar-refractivity contribution in [1.82, 2.24) is 29.1 Å². The molecule has 0 aliphatic heterocycles. The molecule has 2 aromatic carbocycles. The molecule has 0 saturated carbocycles. The first-order valence-corrected chi connectivity index (χ1v) is 17.5. The lowest BCUT2D eigenvalue weighted by Gasteiger charge is -2.16. The average Bonchev–Trinajstić information content (AvgIpc) is 3.89. The predicted octanol–water partition coefficient (Wildman–Crippen LogP) is 8.45. The number of benzene rings is 2. The summed E-state index contributed by atoms with van der Waals surface area (Å²) in [4.78, 5) is 16.7. The molecule has 0 bridgehead atoms. The van der Waals surface area contributed by atoms with Crippen LogP contribution in [0.5, 0.6) is 0 Å². The Morgan fingerprint density at radius 2 is 1.18 bits per heavy atom. The second-order valence-electron chi connectivity index (χ2n) is 10.6. The number of pyridine rings is 2. The average molecular weight is 758 g/mol. The van der Waals surface area contributed by atoms with Gasteiger partial charge >= 0.3 is 0 Å². The standard InChI is InChI=1S/C19H22N4O2.C10H14BrNO2.C9H9N3/c1-3-24-19(25-4-2)18-9-8-16(13-21-18)22-15-6-5-7-17(12-15)23-11-10-20-14-23;1-3-13-10(14-4-2)9-6-5-8(11)7-12-9;10-8-2-1-3-9(6-8)12-5-4-11-7-12/h5-14,19,22H,3-4H2,1-2H3;5-7,10H,3-4H2,1-2H3;1-7H,10H2. The number of halogens is 1. The Morgan fingerprint density at radius 1 is 0.647 bits per heavy atom. The Hall–Kier alpha value is -4.92. The minimum atomic E-state index is -0.423. The van der Waals surface area contributed by atoms with Crippen molar-refractivity contribution in [3.8, 4) is 11.4 Å². The SMILES string of the molecule is CCOC(OCC)c1ccc(Br)cn1.CCOC(OCC)c1ccc(Nc2cccc(-n3ccnc3)c2)cn1.Nc1cccc(-n2ccnc2)c1. The fraction of sp³-hybridized carbons (Fsp3) is 0.263. The van der Waals surface area contributed by atoms with Crippen LogP contribution in [0.25, 0.3) is 11.4 Å². The monoisotopic (exact) mass is 756 g/mol. The summed E-state index contributed by atoms with van der Waals surface area (Å²) in [6.07, 6.45) is 13.6. The number of nitrogens with zero attached hydrogens (tertiary/aromatic N) is 6. The topological polar surface area (TPSA) is 136 Å². The van der Waals surface area contributed by atoms with Gasteiger partial charge in [0.15, 0.2) is 0 Å². The van der Waals surface area contributed by atoms with E-state index in [1.165, 1.54) is 0 Å². The third-order valence-corrected chi connectivity index (χ3v) is 7.37. The number of nitrogens with one attached hydrogen (secondary N) is 1. The summed E-state index contributed by atoms with van der Waals surface area (Å²) in [5.74, 6) is 0. The fourth-order valence-electron chi connectivity index (χ4n) is 4.61. The van der Waals surface area contributed by atoms with Crippen molar-refractivity contribution in [3.05, 3.63) is 138 Å². The van der Waals surface area contributed by atoms with Gasteiger partial charge in [-0.2, -0.15) is 0 Å². The molecular formula is C38H45BrN8O4. The van der Waals surface area contributed by atoms with Gasteiger partial charge < -0.3 is 39.1 Å². The molecule has 0 radical (unpaired) electrons. The van der Waals surface area contributed by atoms with Crippen LogP contribution in [0.15, 0.2) is 127 Å². The predicted molar refractivity (Wildman–Crippen MR) is 203 cm³/mol. The smallest absolute Gasteiger partial charge is 0.201 e. The minimum absolute atomic E-state index is 0.349. The number of ether oxygens (including phenoxy) is 4. The summed E-state index contributed by atoms with van der Waals surface area (Å²) in [7, 11) is 0. The van der Waals surface area contributed by atoms with Gasteiger partial charge in [0.1, 0.15) is 0 Å². The quantitative estimate of drug-likeness (QED) is 0.0823. The molecule has 0 atom stereocenters. The van der Waals surface area contributed by atoms with Crippen LogP contribution in [-0.4, -0.2) is 55.5 Å². The lowest BCUT2D eigenvalue weighted by Crippen LogP contribution is -2.10. The van der Waals surface area contributed by atoms with Crippen LogP contribution in [0.4, 0.5) is 17.1 Å². The van der Waals surface area contributed by atoms with E-state index in [0.717, 1.165) is 44.3 Å². The third kappa shape index (κ3) is 12.7. The molecule has 3 N–H and O–H groups in total. The van der Waals surface area contributed by atoms with Gasteiger partial charge in [0, 0.05) is 84.6 Å². The van der Waals surface area contributed by atoms with Crippen molar-refractivity contribution in [3.63, 3.8) is 0 Å². The van der Waals surface area contributed by atoms with Gasteiger partial charge in [-0.25, -0.2) is 9.97 Å². The van der Waals surface area contributed by atoms with Gasteiger partial charge in [-0.3, -0.25) is 9.97 Å². The number of rotatable bonds is 14. The number of anilines is 3. The molecule has 268 valence electrons. The van der Waals surface area contributed by atoms with E-state index in [9.17, 15) is 0 Å². The highest BCUT2D eigenvalue weighted by molar-refractivity contribution is 9.10. The maximum Gasteiger partial charge on any atom is 0.201 e. The summed E-state index contributed by atoms with van der Waals surface area (Å²) in [6, 6.07) is 23.5. The zero-order valence-corrected chi connectivity index (χ0v) is 30.9. The Balaban J connectivity index is 0.000000189. The normalized spacial score (nSPS) is 10.7. The molecule has 4 heterocycles. The van der Waals surface area contributed by atoms with Crippen LogP contribution in [0, 0.1) is 0 Å². The van der Waals surface area contributed by atoms with Crippen LogP contribution in [0.1, 0.15) is 51.7 Å². The Morgan fingerprint density at radius 3 is 1.63 bits per heavy atom. The second-order valence-corrected chi connectivity index (χ2v) is 11.5. The van der Waals surface area contributed by atoms with Crippen LogP contribution in [0.2, 0.25) is 0 Å². The first-order valence-electron chi connectivity index (χ1n) is 16.7. The van der Waals surface area contributed by atoms with Gasteiger partial charge in [-0.05, 0) is 104 Å². The molecule has 6 rings (SSSR count). The molecule has 0 aliphatic carbocycles. The molecule has 12 nitrogen and oxygen atoms in total. The Bertz CT molecular complexity index is 1790. The Labute approximate surface area is 307 Å². The first-order chi connectivity index (χ1) is 24.9. The van der Waals surface area contributed by atoms with Crippen LogP contribution < -0.4 is 11.1 Å². The highest BCUT2D eigenvalue weighted by Crippen LogP contribution is 2.22. The lowest BCUT2D eigenvalue weighted by atomic mass is 10.2. The van der Waals surface area contributed by atoms with Gasteiger partial charge in [0.05, 0.1) is 35.9 Å². The van der Waals surface area contributed by atoms with E-state index >= 15 is 0 Å². The highest BCUT2D eigenvalue weighted by atomic mass is 79.9. The largest absolute Gasteiger partial charge is 0.399 e. The summed E-state index contributed by atoms with van der Waals surface area (Å²) >= 11 is 3.33. The van der Waals surface area contributed by atoms with E-state index in [2.05, 4.69) is 47.2 Å². The van der Waals surface area contributed by atoms with Crippen molar-refractivity contribution < 1.29 is 18.9 Å². The number of hydrogen-bond acceptors (Lipinski definition) is 10. The van der Waals surface area contributed by atoms with E-state index in [1.54, 1.807) is 37.4 Å². The number of aromatic nitrogens is 6. The van der Waals surface area contributed by atoms with Gasteiger partial charge in [-0.1, -0.05) is 12.1 Å². The zero-order chi connectivity index (χ0) is 36.3. The molecule has 0 aliphatic rings. The zero-order valence-electron chi connectivity index (χ0n) is 29.3. The molecule has 0 spiro atoms. The van der Waals surface area contributed by atoms with Crippen molar-refractivity contribution >= 4 is 33.0 Å². The maximum absolute atomic E-state index is 5.63. The van der Waals surface area contributed by atoms with Crippen molar-refractivity contribution in [2.75, 3.05) is 37.5 Å². The first kappa shape index (κ1) is 38.9. The van der Waals surface area contributed by atoms with Crippen LogP contribution >= 0.6 is 15.9 Å². The van der Waals surface area contributed by atoms with Gasteiger partial charge in [0.2, 0.25) is 12.6 Å². The summed E-state index contributed by atoms with van der Waals surface area (Å²) < 4.78 is 26.8. The molecule has 6 aromatic rings. The lowest BCUT2D eigenvalue weighted by molar-refractivity contribution is -0.142. The molecule has 4 aromatic heterocycles. The van der Waals surface area contributed by atoms with E-state index in [4.69, 9.17) is 24.7 Å². The molecular weight excluding hydrogens is 712 g/mol. The molecule has 0 amide bonds. The minimum Gasteiger partial charge on any atom is -0.399 e. The van der Waals surface area contributed by atoms with Crippen molar-refractivity contribution in [2.24, 2.45) is 0 Å². The molecule has 13 heteroatoms. The van der Waals surface area contributed by atoms with Crippen molar-refractivity contribution in [1.29, 1.82) is 0 Å². The highest BCUT2D eigenvalue weighted by Gasteiger charge is 2.13. The second kappa shape index (κ2) is 21.3. The molecule has 0 saturated heterocycles. The molecule has 0 unspecified atom stereocenters. The summed E-state index contributed by atoms with van der Waals surface area (Å²) in [5, 5.41) is 3.36. The van der Waals surface area contributed by atoms with E-state index < -0.39 is 6.29 Å². The van der Waals surface area contributed by atoms with Crippen LogP contribution in [-0.2, 0) is 18.9 Å². The molecule has 0 fully saturated rings. The van der Waals surface area contributed by atoms with Gasteiger partial charge in [-0.15, -0.1) is 0 Å². The number of hydrogen-bond donors (Lipinski definition) is 2. The number of nitrogens with two attached hydrogens (primary N) is 1. The van der Waals surface area contributed by atoms with E-state index in [1.807, 2.05) is 116 Å².